The Balaban J connectivity index is 2.83. The number of hydrogen-bond acceptors (Lipinski definition) is 2. The molecule has 0 aliphatic carbocycles. The van der Waals surface area contributed by atoms with Crippen LogP contribution in [-0.2, 0) is 13.5 Å². The Morgan fingerprint density at radius 1 is 1.39 bits per heavy atom. The maximum Gasteiger partial charge on any atom is 0.0847 e. The molecule has 0 aliphatic rings. The van der Waals surface area contributed by atoms with E-state index < -0.39 is 0 Å². The Hall–Kier alpha value is -0.540. The van der Waals surface area contributed by atoms with Crippen LogP contribution in [0.3, 0.4) is 0 Å². The van der Waals surface area contributed by atoms with Gasteiger partial charge in [-0.15, -0.1) is 0 Å². The maximum absolute atomic E-state index is 6.32. The Labute approximate surface area is 116 Å². The lowest BCUT2D eigenvalue weighted by Gasteiger charge is -2.26. The van der Waals surface area contributed by atoms with Gasteiger partial charge in [0, 0.05) is 19.5 Å². The van der Waals surface area contributed by atoms with Crippen LogP contribution in [0.4, 0.5) is 0 Å². The third kappa shape index (κ3) is 4.29. The minimum Gasteiger partial charge on any atom is -0.314 e. The van der Waals surface area contributed by atoms with Crippen LogP contribution >= 0.6 is 11.6 Å². The molecular formula is C14H26ClN3. The molecule has 0 bridgehead atoms. The first kappa shape index (κ1) is 15.5. The molecule has 1 aromatic rings. The number of aromatic nitrogens is 2. The number of likely N-dealkylation sites (N-methyl/N-ethyl adjacent to an activating group) is 1. The summed E-state index contributed by atoms with van der Waals surface area (Å²) in [6.45, 7) is 11.9. The number of hydrogen-bond donors (Lipinski definition) is 1. The largest absolute Gasteiger partial charge is 0.314 e. The summed E-state index contributed by atoms with van der Waals surface area (Å²) >= 11 is 6.32. The van der Waals surface area contributed by atoms with Crippen LogP contribution in [0.2, 0.25) is 5.02 Å². The Bertz CT molecular complexity index is 390. The van der Waals surface area contributed by atoms with Gasteiger partial charge in [-0.1, -0.05) is 39.3 Å². The van der Waals surface area contributed by atoms with E-state index in [0.29, 0.717) is 11.5 Å². The molecule has 1 N–H and O–H groups in total. The van der Waals surface area contributed by atoms with Crippen molar-refractivity contribution in [2.45, 2.75) is 53.5 Å². The predicted octanol–water partition coefficient (Wildman–Crippen LogP) is 3.34. The van der Waals surface area contributed by atoms with Crippen molar-refractivity contribution in [3.63, 3.8) is 0 Å². The lowest BCUT2D eigenvalue weighted by atomic mass is 9.86. The molecule has 0 radical (unpaired) electrons. The summed E-state index contributed by atoms with van der Waals surface area (Å²) in [5.74, 6) is 0. The van der Waals surface area contributed by atoms with Crippen molar-refractivity contribution in [2.75, 3.05) is 6.54 Å². The van der Waals surface area contributed by atoms with Crippen molar-refractivity contribution in [3.05, 3.63) is 16.4 Å². The van der Waals surface area contributed by atoms with Crippen LogP contribution in [0.25, 0.3) is 0 Å². The molecule has 4 heteroatoms. The monoisotopic (exact) mass is 271 g/mol. The fourth-order valence-electron chi connectivity index (χ4n) is 2.38. The molecular weight excluding hydrogens is 246 g/mol. The topological polar surface area (TPSA) is 29.9 Å². The molecule has 0 saturated heterocycles. The van der Waals surface area contributed by atoms with Gasteiger partial charge in [0.1, 0.15) is 0 Å². The van der Waals surface area contributed by atoms with E-state index in [9.17, 15) is 0 Å². The quantitative estimate of drug-likeness (QED) is 0.890. The Morgan fingerprint density at radius 3 is 2.39 bits per heavy atom. The van der Waals surface area contributed by atoms with Crippen molar-refractivity contribution in [1.29, 1.82) is 0 Å². The summed E-state index contributed by atoms with van der Waals surface area (Å²) in [6.07, 6.45) is 2.06. The van der Waals surface area contributed by atoms with Gasteiger partial charge in [0.05, 0.1) is 16.4 Å². The number of nitrogens with one attached hydrogen (secondary N) is 1. The molecule has 0 aliphatic heterocycles. The van der Waals surface area contributed by atoms with E-state index in [1.165, 1.54) is 0 Å². The first-order valence-electron chi connectivity index (χ1n) is 6.66. The molecule has 0 amide bonds. The maximum atomic E-state index is 6.32. The van der Waals surface area contributed by atoms with Gasteiger partial charge in [-0.2, -0.15) is 5.10 Å². The highest BCUT2D eigenvalue weighted by Crippen LogP contribution is 2.26. The van der Waals surface area contributed by atoms with E-state index >= 15 is 0 Å². The van der Waals surface area contributed by atoms with Gasteiger partial charge in [0.15, 0.2) is 0 Å². The van der Waals surface area contributed by atoms with Crippen LogP contribution < -0.4 is 5.32 Å². The van der Waals surface area contributed by atoms with Crippen molar-refractivity contribution in [3.8, 4) is 0 Å². The van der Waals surface area contributed by atoms with Gasteiger partial charge in [-0.05, 0) is 25.3 Å². The van der Waals surface area contributed by atoms with Crippen LogP contribution in [0, 0.1) is 12.3 Å². The predicted molar refractivity (Wildman–Crippen MR) is 78.2 cm³/mol. The highest BCUT2D eigenvalue weighted by atomic mass is 35.5. The third-order valence-corrected chi connectivity index (χ3v) is 3.54. The van der Waals surface area contributed by atoms with Crippen LogP contribution in [-0.4, -0.2) is 22.4 Å². The minimum atomic E-state index is 0.312. The minimum absolute atomic E-state index is 0.312. The van der Waals surface area contributed by atoms with E-state index in [-0.39, 0.29) is 0 Å². The number of nitrogens with zero attached hydrogens (tertiary/aromatic N) is 2. The molecule has 0 fully saturated rings. The number of rotatable bonds is 5. The van der Waals surface area contributed by atoms with Crippen molar-refractivity contribution < 1.29 is 0 Å². The zero-order chi connectivity index (χ0) is 13.9. The fourth-order valence-corrected chi connectivity index (χ4v) is 2.62. The van der Waals surface area contributed by atoms with Crippen molar-refractivity contribution >= 4 is 11.6 Å². The highest BCUT2D eigenvalue weighted by molar-refractivity contribution is 6.31. The summed E-state index contributed by atoms with van der Waals surface area (Å²) in [4.78, 5) is 0. The van der Waals surface area contributed by atoms with E-state index in [4.69, 9.17) is 11.6 Å². The zero-order valence-corrected chi connectivity index (χ0v) is 13.2. The highest BCUT2D eigenvalue weighted by Gasteiger charge is 2.21. The number of aryl methyl sites for hydroxylation is 2. The molecule has 18 heavy (non-hydrogen) atoms. The second kappa shape index (κ2) is 6.07. The first-order valence-corrected chi connectivity index (χ1v) is 7.03. The summed E-state index contributed by atoms with van der Waals surface area (Å²) < 4.78 is 1.91. The SMILES string of the molecule is CCNC(Cc1c(Cl)c(C)nn1C)CC(C)(C)C. The molecule has 1 rings (SSSR count). The molecule has 0 spiro atoms. The average molecular weight is 272 g/mol. The van der Waals surface area contributed by atoms with Crippen LogP contribution in [0.15, 0.2) is 0 Å². The van der Waals surface area contributed by atoms with Gasteiger partial charge in [-0.3, -0.25) is 4.68 Å². The molecule has 0 aromatic carbocycles. The fraction of sp³-hybridized carbons (Fsp3) is 0.786. The average Bonchev–Trinajstić information content (AvgIpc) is 2.43. The molecule has 1 unspecified atom stereocenters. The molecule has 1 atom stereocenters. The van der Waals surface area contributed by atoms with Gasteiger partial charge >= 0.3 is 0 Å². The smallest absolute Gasteiger partial charge is 0.0847 e. The van der Waals surface area contributed by atoms with E-state index in [1.54, 1.807) is 0 Å². The lowest BCUT2D eigenvalue weighted by Crippen LogP contribution is -2.35. The van der Waals surface area contributed by atoms with E-state index in [1.807, 2.05) is 18.7 Å². The Kier molecular flexibility index (Phi) is 5.23. The molecule has 3 nitrogen and oxygen atoms in total. The summed E-state index contributed by atoms with van der Waals surface area (Å²) in [5, 5.41) is 8.74. The van der Waals surface area contributed by atoms with Crippen molar-refractivity contribution in [1.82, 2.24) is 15.1 Å². The standard InChI is InChI=1S/C14H26ClN3/c1-7-16-11(9-14(3,4)5)8-12-13(15)10(2)17-18(12)6/h11,16H,7-9H2,1-6H3. The van der Waals surface area contributed by atoms with Crippen LogP contribution in [0.5, 0.6) is 0 Å². The number of halogens is 1. The van der Waals surface area contributed by atoms with Gasteiger partial charge in [-0.25, -0.2) is 0 Å². The van der Waals surface area contributed by atoms with Crippen molar-refractivity contribution in [2.24, 2.45) is 12.5 Å². The molecule has 104 valence electrons. The van der Waals surface area contributed by atoms with E-state index in [2.05, 4.69) is 38.1 Å². The van der Waals surface area contributed by atoms with Crippen LogP contribution in [0.1, 0.15) is 45.5 Å². The summed E-state index contributed by atoms with van der Waals surface area (Å²) in [5.41, 5.74) is 2.36. The third-order valence-electron chi connectivity index (χ3n) is 3.05. The summed E-state index contributed by atoms with van der Waals surface area (Å²) in [6, 6.07) is 0.447. The summed E-state index contributed by atoms with van der Waals surface area (Å²) in [7, 11) is 1.97. The first-order chi connectivity index (χ1) is 8.24. The molecule has 1 heterocycles. The van der Waals surface area contributed by atoms with Gasteiger partial charge in [0.25, 0.3) is 0 Å². The lowest BCUT2D eigenvalue weighted by molar-refractivity contribution is 0.306. The second-order valence-electron chi connectivity index (χ2n) is 6.19. The second-order valence-corrected chi connectivity index (χ2v) is 6.57. The van der Waals surface area contributed by atoms with E-state index in [0.717, 1.165) is 35.8 Å². The van der Waals surface area contributed by atoms with Gasteiger partial charge in [0.2, 0.25) is 0 Å². The molecule has 1 aromatic heterocycles. The van der Waals surface area contributed by atoms with Gasteiger partial charge < -0.3 is 5.32 Å². The zero-order valence-electron chi connectivity index (χ0n) is 12.5. The normalized spacial score (nSPS) is 13.9. The Morgan fingerprint density at radius 2 is 2.00 bits per heavy atom. The molecule has 0 saturated carbocycles.